The van der Waals surface area contributed by atoms with E-state index in [-0.39, 0.29) is 12.3 Å². The Hall–Kier alpha value is -2.77. The molecule has 0 amide bonds. The van der Waals surface area contributed by atoms with Gasteiger partial charge in [0.2, 0.25) is 5.88 Å². The maximum absolute atomic E-state index is 5.81. The first-order valence-corrected chi connectivity index (χ1v) is 9.87. The van der Waals surface area contributed by atoms with E-state index >= 15 is 0 Å². The minimum absolute atomic E-state index is 0.0411. The van der Waals surface area contributed by atoms with E-state index in [9.17, 15) is 0 Å². The van der Waals surface area contributed by atoms with Crippen LogP contribution in [-0.2, 0) is 15.9 Å². The molecule has 1 aromatic carbocycles. The molecule has 1 aliphatic heterocycles. The molecule has 0 aliphatic carbocycles. The highest BCUT2D eigenvalue weighted by atomic mass is 16.7. The van der Waals surface area contributed by atoms with Gasteiger partial charge in [0, 0.05) is 35.4 Å². The van der Waals surface area contributed by atoms with E-state index in [0.29, 0.717) is 31.4 Å². The van der Waals surface area contributed by atoms with E-state index in [2.05, 4.69) is 46.5 Å². The molecule has 152 valence electrons. The smallest absolute Gasteiger partial charge is 0.212 e. The van der Waals surface area contributed by atoms with Gasteiger partial charge in [-0.05, 0) is 5.56 Å². The van der Waals surface area contributed by atoms with Crippen molar-refractivity contribution in [2.75, 3.05) is 25.6 Å². The van der Waals surface area contributed by atoms with Crippen LogP contribution in [0, 0.1) is 5.92 Å². The number of ether oxygens (including phenoxy) is 3. The third-order valence-corrected chi connectivity index (χ3v) is 4.95. The lowest BCUT2D eigenvalue weighted by Crippen LogP contribution is -2.42. The van der Waals surface area contributed by atoms with Crippen LogP contribution in [0.4, 0.5) is 5.82 Å². The van der Waals surface area contributed by atoms with Crippen LogP contribution in [0.1, 0.15) is 25.1 Å². The standard InChI is InChI=1S/C22H26N4O3/c1-14(2)22-28-12-16(13-29-22)24-21-18-7-5-4-6-17(18)19(25-26-21)10-15-8-9-20(27-3)23-11-15/h4-9,11,14,16,22H,10,12-13H2,1-3H3,(H,24,26). The Kier molecular flexibility index (Phi) is 5.87. The van der Waals surface area contributed by atoms with Gasteiger partial charge in [-0.25, -0.2) is 4.98 Å². The molecule has 3 heterocycles. The summed E-state index contributed by atoms with van der Waals surface area (Å²) >= 11 is 0. The summed E-state index contributed by atoms with van der Waals surface area (Å²) in [5.41, 5.74) is 1.97. The molecule has 29 heavy (non-hydrogen) atoms. The highest BCUT2D eigenvalue weighted by Crippen LogP contribution is 2.26. The monoisotopic (exact) mass is 394 g/mol. The van der Waals surface area contributed by atoms with Crippen LogP contribution in [-0.4, -0.2) is 47.8 Å². The quantitative estimate of drug-likeness (QED) is 0.686. The van der Waals surface area contributed by atoms with Crippen LogP contribution < -0.4 is 10.1 Å². The Morgan fingerprint density at radius 2 is 1.83 bits per heavy atom. The zero-order valence-corrected chi connectivity index (χ0v) is 17.0. The second kappa shape index (κ2) is 8.71. The number of nitrogens with one attached hydrogen (secondary N) is 1. The van der Waals surface area contributed by atoms with Crippen LogP contribution in [0.3, 0.4) is 0 Å². The van der Waals surface area contributed by atoms with Gasteiger partial charge in [0.25, 0.3) is 0 Å². The second-order valence-electron chi connectivity index (χ2n) is 7.55. The lowest BCUT2D eigenvalue weighted by molar-refractivity contribution is -0.202. The van der Waals surface area contributed by atoms with Crippen molar-refractivity contribution in [2.45, 2.75) is 32.6 Å². The molecule has 4 rings (SSSR count). The highest BCUT2D eigenvalue weighted by Gasteiger charge is 2.25. The fraction of sp³-hybridized carbons (Fsp3) is 0.409. The normalized spacial score (nSPS) is 19.4. The van der Waals surface area contributed by atoms with Gasteiger partial charge in [-0.1, -0.05) is 44.2 Å². The van der Waals surface area contributed by atoms with E-state index < -0.39 is 0 Å². The van der Waals surface area contributed by atoms with Crippen molar-refractivity contribution in [2.24, 2.45) is 5.92 Å². The van der Waals surface area contributed by atoms with E-state index in [1.807, 2.05) is 30.5 Å². The van der Waals surface area contributed by atoms with Crippen LogP contribution in [0.5, 0.6) is 5.88 Å². The number of anilines is 1. The molecule has 2 aromatic heterocycles. The molecule has 7 heteroatoms. The summed E-state index contributed by atoms with van der Waals surface area (Å²) in [6.07, 6.45) is 2.32. The molecule has 0 unspecified atom stereocenters. The Morgan fingerprint density at radius 1 is 1.07 bits per heavy atom. The minimum atomic E-state index is -0.142. The van der Waals surface area contributed by atoms with Crippen molar-refractivity contribution >= 4 is 16.6 Å². The number of hydrogen-bond donors (Lipinski definition) is 1. The lowest BCUT2D eigenvalue weighted by atomic mass is 10.1. The molecule has 1 fully saturated rings. The van der Waals surface area contributed by atoms with Crippen LogP contribution in [0.25, 0.3) is 10.8 Å². The number of rotatable bonds is 6. The van der Waals surface area contributed by atoms with Crippen molar-refractivity contribution in [1.29, 1.82) is 0 Å². The molecule has 0 radical (unpaired) electrons. The first-order valence-electron chi connectivity index (χ1n) is 9.87. The minimum Gasteiger partial charge on any atom is -0.481 e. The average molecular weight is 394 g/mol. The van der Waals surface area contributed by atoms with E-state index in [0.717, 1.165) is 27.8 Å². The average Bonchev–Trinajstić information content (AvgIpc) is 2.76. The fourth-order valence-electron chi connectivity index (χ4n) is 3.41. The number of nitrogens with zero attached hydrogens (tertiary/aromatic N) is 3. The Balaban J connectivity index is 1.54. The Bertz CT molecular complexity index is 954. The van der Waals surface area contributed by atoms with Crippen LogP contribution in [0.2, 0.25) is 0 Å². The predicted molar refractivity (Wildman–Crippen MR) is 111 cm³/mol. The van der Waals surface area contributed by atoms with Crippen LogP contribution in [0.15, 0.2) is 42.6 Å². The number of benzene rings is 1. The van der Waals surface area contributed by atoms with Gasteiger partial charge in [-0.2, -0.15) is 5.10 Å². The van der Waals surface area contributed by atoms with E-state index in [1.54, 1.807) is 7.11 Å². The van der Waals surface area contributed by atoms with Gasteiger partial charge >= 0.3 is 0 Å². The predicted octanol–water partition coefficient (Wildman–Crippen LogP) is 3.43. The van der Waals surface area contributed by atoms with Gasteiger partial charge in [0.15, 0.2) is 12.1 Å². The summed E-state index contributed by atoms with van der Waals surface area (Å²) in [6, 6.07) is 12.1. The summed E-state index contributed by atoms with van der Waals surface area (Å²) in [4.78, 5) is 4.28. The number of hydrogen-bond acceptors (Lipinski definition) is 7. The zero-order chi connectivity index (χ0) is 20.2. The lowest BCUT2D eigenvalue weighted by Gasteiger charge is -2.32. The van der Waals surface area contributed by atoms with Crippen molar-refractivity contribution in [1.82, 2.24) is 15.2 Å². The largest absolute Gasteiger partial charge is 0.481 e. The van der Waals surface area contributed by atoms with Crippen molar-refractivity contribution in [3.8, 4) is 5.88 Å². The molecule has 0 atom stereocenters. The molecule has 7 nitrogen and oxygen atoms in total. The van der Waals surface area contributed by atoms with Gasteiger partial charge in [-0.15, -0.1) is 5.10 Å². The first kappa shape index (κ1) is 19.5. The Labute approximate surface area is 170 Å². The second-order valence-corrected chi connectivity index (χ2v) is 7.55. The van der Waals surface area contributed by atoms with E-state index in [4.69, 9.17) is 14.2 Å². The number of aromatic nitrogens is 3. The number of methoxy groups -OCH3 is 1. The zero-order valence-electron chi connectivity index (χ0n) is 17.0. The summed E-state index contributed by atoms with van der Waals surface area (Å²) in [5.74, 6) is 1.68. The third kappa shape index (κ3) is 4.46. The number of pyridine rings is 1. The topological polar surface area (TPSA) is 78.4 Å². The molecular formula is C22H26N4O3. The first-order chi connectivity index (χ1) is 14.1. The van der Waals surface area contributed by atoms with Crippen molar-refractivity contribution < 1.29 is 14.2 Å². The maximum atomic E-state index is 5.81. The molecule has 1 saturated heterocycles. The Morgan fingerprint density at radius 3 is 2.48 bits per heavy atom. The SMILES string of the molecule is COc1ccc(Cc2nnc(NC3COC(C(C)C)OC3)c3ccccc23)cn1. The molecule has 0 bridgehead atoms. The van der Waals surface area contributed by atoms with Crippen molar-refractivity contribution in [3.05, 3.63) is 53.9 Å². The van der Waals surface area contributed by atoms with Gasteiger partial charge in [-0.3, -0.25) is 0 Å². The van der Waals surface area contributed by atoms with E-state index in [1.165, 1.54) is 0 Å². The molecule has 0 saturated carbocycles. The summed E-state index contributed by atoms with van der Waals surface area (Å²) in [5, 5.41) is 14.5. The summed E-state index contributed by atoms with van der Waals surface area (Å²) in [7, 11) is 1.61. The van der Waals surface area contributed by atoms with Crippen LogP contribution >= 0.6 is 0 Å². The number of fused-ring (bicyclic) bond motifs is 1. The molecular weight excluding hydrogens is 368 g/mol. The summed E-state index contributed by atoms with van der Waals surface area (Å²) in [6.45, 7) is 5.35. The summed E-state index contributed by atoms with van der Waals surface area (Å²) < 4.78 is 16.7. The third-order valence-electron chi connectivity index (χ3n) is 4.95. The van der Waals surface area contributed by atoms with Gasteiger partial charge in [0.05, 0.1) is 32.1 Å². The molecule has 1 aliphatic rings. The molecule has 3 aromatic rings. The molecule has 0 spiro atoms. The molecule has 1 N–H and O–H groups in total. The highest BCUT2D eigenvalue weighted by molar-refractivity contribution is 5.93. The van der Waals surface area contributed by atoms with Crippen molar-refractivity contribution in [3.63, 3.8) is 0 Å². The fourth-order valence-corrected chi connectivity index (χ4v) is 3.41. The van der Waals surface area contributed by atoms with Gasteiger partial charge < -0.3 is 19.5 Å². The van der Waals surface area contributed by atoms with Gasteiger partial charge in [0.1, 0.15) is 0 Å². The maximum Gasteiger partial charge on any atom is 0.212 e.